The summed E-state index contributed by atoms with van der Waals surface area (Å²) in [6, 6.07) is 9.01. The Hall–Kier alpha value is -0.710. The first-order chi connectivity index (χ1) is 10.5. The van der Waals surface area contributed by atoms with Crippen molar-refractivity contribution in [3.8, 4) is 0 Å². The lowest BCUT2D eigenvalue weighted by Gasteiger charge is -2.23. The van der Waals surface area contributed by atoms with Crippen LogP contribution in [-0.2, 0) is 11.2 Å². The maximum Gasteiger partial charge on any atom is 0.222 e. The predicted octanol–water partition coefficient (Wildman–Crippen LogP) is 3.58. The largest absolute Gasteiger partial charge is 0.350 e. The number of benzene rings is 1. The van der Waals surface area contributed by atoms with E-state index >= 15 is 0 Å². The number of hydrogen-bond acceptors (Lipinski definition) is 3. The van der Waals surface area contributed by atoms with E-state index in [1.165, 1.54) is 11.1 Å². The topological polar surface area (TPSA) is 41.1 Å². The number of carbonyl (C=O) groups excluding carboxylic acids is 1. The van der Waals surface area contributed by atoms with Gasteiger partial charge in [0.25, 0.3) is 0 Å². The smallest absolute Gasteiger partial charge is 0.222 e. The third-order valence-corrected chi connectivity index (χ3v) is 5.06. The zero-order valence-corrected chi connectivity index (χ0v) is 15.9. The molecule has 0 aromatic heterocycles. The molecule has 1 heterocycles. The second-order valence-electron chi connectivity index (χ2n) is 6.56. The van der Waals surface area contributed by atoms with Crippen LogP contribution in [0.3, 0.4) is 0 Å². The lowest BCUT2D eigenvalue weighted by atomic mass is 10.00. The zero-order chi connectivity index (χ0) is 15.9. The predicted molar refractivity (Wildman–Crippen MR) is 103 cm³/mol. The van der Waals surface area contributed by atoms with Gasteiger partial charge >= 0.3 is 0 Å². The van der Waals surface area contributed by atoms with Crippen molar-refractivity contribution in [2.75, 3.05) is 18.1 Å². The Morgan fingerprint density at radius 3 is 2.57 bits per heavy atom. The Labute approximate surface area is 150 Å². The van der Waals surface area contributed by atoms with Crippen LogP contribution in [0.1, 0.15) is 44.4 Å². The van der Waals surface area contributed by atoms with Gasteiger partial charge < -0.3 is 10.6 Å². The molecule has 1 aliphatic rings. The molecule has 2 rings (SSSR count). The first-order valence-electron chi connectivity index (χ1n) is 8.24. The van der Waals surface area contributed by atoms with Crippen LogP contribution < -0.4 is 10.6 Å². The molecule has 0 radical (unpaired) electrons. The number of nitrogens with one attached hydrogen (secondary N) is 2. The molecule has 1 aromatic rings. The second-order valence-corrected chi connectivity index (χ2v) is 7.71. The molecule has 1 fully saturated rings. The third kappa shape index (κ3) is 7.15. The van der Waals surface area contributed by atoms with Crippen LogP contribution in [0.25, 0.3) is 0 Å². The van der Waals surface area contributed by atoms with E-state index in [0.29, 0.717) is 18.4 Å². The molecule has 3 nitrogen and oxygen atoms in total. The molecule has 5 heteroatoms. The fourth-order valence-electron chi connectivity index (χ4n) is 2.77. The summed E-state index contributed by atoms with van der Waals surface area (Å²) in [6.07, 6.45) is 1.68. The quantitative estimate of drug-likeness (QED) is 0.818. The van der Waals surface area contributed by atoms with Gasteiger partial charge in [0.15, 0.2) is 0 Å². The van der Waals surface area contributed by atoms with Gasteiger partial charge in [-0.25, -0.2) is 0 Å². The Kier molecular flexibility index (Phi) is 9.03. The van der Waals surface area contributed by atoms with Gasteiger partial charge in [-0.2, -0.15) is 11.8 Å². The molecule has 2 unspecified atom stereocenters. The Balaban J connectivity index is 0.00000264. The van der Waals surface area contributed by atoms with Gasteiger partial charge in [0, 0.05) is 30.5 Å². The highest BCUT2D eigenvalue weighted by molar-refractivity contribution is 7.99. The monoisotopic (exact) mass is 356 g/mol. The molecular weight excluding hydrogens is 328 g/mol. The van der Waals surface area contributed by atoms with Crippen LogP contribution in [0.2, 0.25) is 0 Å². The molecule has 1 aliphatic heterocycles. The lowest BCUT2D eigenvalue weighted by Crippen LogP contribution is -2.41. The Morgan fingerprint density at radius 2 is 2.00 bits per heavy atom. The van der Waals surface area contributed by atoms with Crippen molar-refractivity contribution in [1.82, 2.24) is 10.6 Å². The molecule has 23 heavy (non-hydrogen) atoms. The van der Waals surface area contributed by atoms with Crippen LogP contribution in [0.5, 0.6) is 0 Å². The van der Waals surface area contributed by atoms with Gasteiger partial charge in [0.05, 0.1) is 6.04 Å². The minimum Gasteiger partial charge on any atom is -0.350 e. The van der Waals surface area contributed by atoms with Gasteiger partial charge in [0.1, 0.15) is 0 Å². The lowest BCUT2D eigenvalue weighted by molar-refractivity contribution is -0.122. The van der Waals surface area contributed by atoms with E-state index in [1.807, 2.05) is 11.8 Å². The van der Waals surface area contributed by atoms with Crippen LogP contribution in [0.15, 0.2) is 24.3 Å². The summed E-state index contributed by atoms with van der Waals surface area (Å²) in [6.45, 7) is 7.52. The van der Waals surface area contributed by atoms with Crippen molar-refractivity contribution in [2.45, 2.75) is 45.7 Å². The molecular formula is C18H29ClN2OS. The van der Waals surface area contributed by atoms with Crippen LogP contribution in [0, 0.1) is 5.92 Å². The second kappa shape index (κ2) is 10.2. The van der Waals surface area contributed by atoms with E-state index in [1.54, 1.807) is 0 Å². The van der Waals surface area contributed by atoms with Crippen LogP contribution in [-0.4, -0.2) is 30.0 Å². The fraction of sp³-hybridized carbons (Fsp3) is 0.611. The van der Waals surface area contributed by atoms with Crippen molar-refractivity contribution in [1.29, 1.82) is 0 Å². The average molecular weight is 357 g/mol. The summed E-state index contributed by atoms with van der Waals surface area (Å²) in [5.74, 6) is 2.99. The van der Waals surface area contributed by atoms with Crippen molar-refractivity contribution in [3.05, 3.63) is 35.4 Å². The van der Waals surface area contributed by atoms with Gasteiger partial charge in [0.2, 0.25) is 5.91 Å². The highest BCUT2D eigenvalue weighted by Crippen LogP contribution is 2.16. The molecule has 1 amide bonds. The molecule has 0 spiro atoms. The molecule has 0 aliphatic carbocycles. The molecule has 130 valence electrons. The highest BCUT2D eigenvalue weighted by Gasteiger charge is 2.18. The molecule has 0 saturated carbocycles. The summed E-state index contributed by atoms with van der Waals surface area (Å²) < 4.78 is 0. The number of halogens is 1. The van der Waals surface area contributed by atoms with E-state index in [-0.39, 0.29) is 24.4 Å². The van der Waals surface area contributed by atoms with Gasteiger partial charge in [-0.05, 0) is 30.4 Å². The van der Waals surface area contributed by atoms with Gasteiger partial charge in [-0.15, -0.1) is 12.4 Å². The minimum atomic E-state index is 0. The standard InChI is InChI=1S/C18H28N2OS.ClH/c1-13(2)10-15-4-6-16(7-5-15)14(3)20-18(21)11-17-12-22-9-8-19-17;/h4-7,13-14,17,19H,8-12H2,1-3H3,(H,20,21);1H. The summed E-state index contributed by atoms with van der Waals surface area (Å²) >= 11 is 1.92. The molecule has 2 N–H and O–H groups in total. The third-order valence-electron chi connectivity index (χ3n) is 3.93. The van der Waals surface area contributed by atoms with E-state index in [4.69, 9.17) is 0 Å². The Bertz CT molecular complexity index is 472. The van der Waals surface area contributed by atoms with E-state index in [2.05, 4.69) is 55.7 Å². The van der Waals surface area contributed by atoms with Crippen LogP contribution in [0.4, 0.5) is 0 Å². The Morgan fingerprint density at radius 1 is 1.30 bits per heavy atom. The van der Waals surface area contributed by atoms with Crippen molar-refractivity contribution >= 4 is 30.1 Å². The normalized spacial score (nSPS) is 19.0. The maximum absolute atomic E-state index is 12.1. The fourth-order valence-corrected chi connectivity index (χ4v) is 3.72. The first-order valence-corrected chi connectivity index (χ1v) is 9.39. The van der Waals surface area contributed by atoms with E-state index in [0.717, 1.165) is 24.5 Å². The van der Waals surface area contributed by atoms with Crippen LogP contribution >= 0.6 is 24.2 Å². The molecule has 1 aromatic carbocycles. The number of amides is 1. The summed E-state index contributed by atoms with van der Waals surface area (Å²) in [5.41, 5.74) is 2.53. The summed E-state index contributed by atoms with van der Waals surface area (Å²) in [7, 11) is 0. The van der Waals surface area contributed by atoms with Gasteiger partial charge in [-0.3, -0.25) is 4.79 Å². The van der Waals surface area contributed by atoms with E-state index in [9.17, 15) is 4.79 Å². The zero-order valence-electron chi connectivity index (χ0n) is 14.3. The van der Waals surface area contributed by atoms with E-state index < -0.39 is 0 Å². The first kappa shape index (κ1) is 20.3. The number of hydrogen-bond donors (Lipinski definition) is 2. The highest BCUT2D eigenvalue weighted by atomic mass is 35.5. The SMILES string of the molecule is CC(C)Cc1ccc(C(C)NC(=O)CC2CSCCN2)cc1.Cl. The number of thioether (sulfide) groups is 1. The molecule has 1 saturated heterocycles. The maximum atomic E-state index is 12.1. The molecule has 2 atom stereocenters. The van der Waals surface area contributed by atoms with Crippen molar-refractivity contribution < 1.29 is 4.79 Å². The molecule has 0 bridgehead atoms. The van der Waals surface area contributed by atoms with Crippen molar-refractivity contribution in [2.24, 2.45) is 5.92 Å². The average Bonchev–Trinajstić information content (AvgIpc) is 2.48. The van der Waals surface area contributed by atoms with Crippen molar-refractivity contribution in [3.63, 3.8) is 0 Å². The number of rotatable bonds is 6. The summed E-state index contributed by atoms with van der Waals surface area (Å²) in [4.78, 5) is 12.1. The minimum absolute atomic E-state index is 0. The van der Waals surface area contributed by atoms with Gasteiger partial charge in [-0.1, -0.05) is 38.1 Å². The number of carbonyl (C=O) groups is 1. The summed E-state index contributed by atoms with van der Waals surface area (Å²) in [5, 5.41) is 6.52.